The second-order valence-electron chi connectivity index (χ2n) is 13.1. The van der Waals surface area contributed by atoms with Gasteiger partial charge in [0.2, 0.25) is 21.8 Å². The number of hydrogen-bond donors (Lipinski definition) is 4. The second kappa shape index (κ2) is 13.0. The van der Waals surface area contributed by atoms with Crippen molar-refractivity contribution in [3.05, 3.63) is 47.3 Å². The number of nitrogens with two attached hydrogens (primary N) is 1. The van der Waals surface area contributed by atoms with Gasteiger partial charge in [0.05, 0.1) is 18.3 Å². The van der Waals surface area contributed by atoms with Gasteiger partial charge in [-0.25, -0.2) is 17.6 Å². The van der Waals surface area contributed by atoms with Gasteiger partial charge in [0.1, 0.15) is 29.5 Å². The summed E-state index contributed by atoms with van der Waals surface area (Å²) in [5.74, 6) is -2.82. The van der Waals surface area contributed by atoms with Crippen LogP contribution < -0.4 is 21.1 Å². The molecule has 47 heavy (non-hydrogen) atoms. The number of amides is 4. The van der Waals surface area contributed by atoms with Crippen molar-refractivity contribution >= 4 is 51.2 Å². The average molecular weight is 691 g/mol. The lowest BCUT2D eigenvalue weighted by molar-refractivity contribution is -0.141. The fraction of sp³-hybridized carbons (Fsp3) is 0.581. The fourth-order valence-corrected chi connectivity index (χ4v) is 8.25. The minimum atomic E-state index is -3.89. The van der Waals surface area contributed by atoms with E-state index in [0.29, 0.717) is 43.2 Å². The van der Waals surface area contributed by atoms with Crippen LogP contribution in [0.5, 0.6) is 0 Å². The SMILES string of the molecule is NC(=S)N[C@H]1CCCCCC=C[C@@H]2C[C@@]2(C(=O)NS(=O)(=O)C2CC2)NC(=O)[C@@H]2C[C@@H](OC(=O)N3Cc4cccc(F)c4C3)CN2C1=O. The van der Waals surface area contributed by atoms with Crippen LogP contribution in [-0.2, 0) is 42.2 Å². The van der Waals surface area contributed by atoms with Gasteiger partial charge in [0.15, 0.2) is 5.11 Å². The molecule has 5 N–H and O–H groups in total. The first-order valence-corrected chi connectivity index (χ1v) is 18.0. The summed E-state index contributed by atoms with van der Waals surface area (Å²) in [6.45, 7) is 0.0592. The van der Waals surface area contributed by atoms with Crippen LogP contribution in [-0.4, -0.2) is 82.7 Å². The van der Waals surface area contributed by atoms with Crippen LogP contribution in [0.25, 0.3) is 0 Å². The third-order valence-electron chi connectivity index (χ3n) is 9.61. The first kappa shape index (κ1) is 33.1. The Balaban J connectivity index is 1.24. The van der Waals surface area contributed by atoms with Crippen molar-refractivity contribution in [1.82, 2.24) is 25.2 Å². The van der Waals surface area contributed by atoms with Gasteiger partial charge in [-0.3, -0.25) is 24.0 Å². The van der Waals surface area contributed by atoms with Gasteiger partial charge in [-0.1, -0.05) is 37.1 Å². The molecule has 1 saturated heterocycles. The summed E-state index contributed by atoms with van der Waals surface area (Å²) in [5, 5.41) is 4.91. The molecule has 0 radical (unpaired) electrons. The quantitative estimate of drug-likeness (QED) is 0.261. The van der Waals surface area contributed by atoms with Gasteiger partial charge in [0.25, 0.3) is 5.91 Å². The van der Waals surface area contributed by atoms with Crippen molar-refractivity contribution in [2.24, 2.45) is 11.7 Å². The van der Waals surface area contributed by atoms with Crippen LogP contribution in [0.4, 0.5) is 9.18 Å². The number of fused-ring (bicyclic) bond motifs is 3. The number of carbonyl (C=O) groups is 4. The maximum Gasteiger partial charge on any atom is 0.410 e. The Morgan fingerprint density at radius 2 is 1.91 bits per heavy atom. The smallest absolute Gasteiger partial charge is 0.410 e. The minimum absolute atomic E-state index is 0.0242. The summed E-state index contributed by atoms with van der Waals surface area (Å²) >= 11 is 5.04. The molecular formula is C31H39FN6O7S2. The largest absolute Gasteiger partial charge is 0.444 e. The summed E-state index contributed by atoms with van der Waals surface area (Å²) in [5.41, 5.74) is 5.32. The maximum absolute atomic E-state index is 14.3. The zero-order valence-electron chi connectivity index (χ0n) is 25.8. The first-order chi connectivity index (χ1) is 22.4. The highest BCUT2D eigenvalue weighted by Gasteiger charge is 2.62. The number of allylic oxidation sites excluding steroid dienone is 1. The van der Waals surface area contributed by atoms with Gasteiger partial charge in [-0.05, 0) is 62.4 Å². The van der Waals surface area contributed by atoms with E-state index in [2.05, 4.69) is 15.4 Å². The number of nitrogens with zero attached hydrogens (tertiary/aromatic N) is 2. The molecule has 0 unspecified atom stereocenters. The lowest BCUT2D eigenvalue weighted by atomic mass is 10.1. The molecule has 3 aliphatic heterocycles. The number of rotatable bonds is 5. The number of thiocarbonyl (C=S) groups is 1. The highest BCUT2D eigenvalue weighted by Crippen LogP contribution is 2.46. The highest BCUT2D eigenvalue weighted by molar-refractivity contribution is 7.91. The van der Waals surface area contributed by atoms with E-state index < -0.39 is 74.5 Å². The van der Waals surface area contributed by atoms with Gasteiger partial charge in [-0.2, -0.15) is 0 Å². The van der Waals surface area contributed by atoms with Crippen molar-refractivity contribution in [2.75, 3.05) is 6.54 Å². The zero-order valence-corrected chi connectivity index (χ0v) is 27.4. The Morgan fingerprint density at radius 3 is 2.64 bits per heavy atom. The van der Waals surface area contributed by atoms with E-state index in [1.54, 1.807) is 12.1 Å². The van der Waals surface area contributed by atoms with E-state index in [9.17, 15) is 32.0 Å². The van der Waals surface area contributed by atoms with Crippen molar-refractivity contribution in [3.63, 3.8) is 0 Å². The third-order valence-corrected chi connectivity index (χ3v) is 11.5. The molecule has 0 bridgehead atoms. The maximum atomic E-state index is 14.3. The molecule has 4 amide bonds. The van der Waals surface area contributed by atoms with E-state index in [1.807, 2.05) is 12.2 Å². The van der Waals surface area contributed by atoms with Crippen LogP contribution in [0.1, 0.15) is 68.9 Å². The summed E-state index contributed by atoms with van der Waals surface area (Å²) in [4.78, 5) is 57.4. The minimum Gasteiger partial charge on any atom is -0.444 e. The average Bonchev–Trinajstić information content (AvgIpc) is 3.89. The molecular weight excluding hydrogens is 652 g/mol. The Labute approximate surface area is 277 Å². The van der Waals surface area contributed by atoms with Crippen LogP contribution in [0.3, 0.4) is 0 Å². The summed E-state index contributed by atoms with van der Waals surface area (Å²) in [6, 6.07) is 2.64. The zero-order chi connectivity index (χ0) is 33.5. The molecule has 254 valence electrons. The Bertz CT molecular complexity index is 1620. The monoisotopic (exact) mass is 690 g/mol. The molecule has 0 aromatic heterocycles. The Morgan fingerprint density at radius 1 is 1.13 bits per heavy atom. The molecule has 2 aliphatic carbocycles. The van der Waals surface area contributed by atoms with Crippen LogP contribution in [0.2, 0.25) is 0 Å². The summed E-state index contributed by atoms with van der Waals surface area (Å²) < 4.78 is 47.6. The highest BCUT2D eigenvalue weighted by atomic mass is 32.2. The van der Waals surface area contributed by atoms with E-state index in [4.69, 9.17) is 22.7 Å². The first-order valence-electron chi connectivity index (χ1n) is 16.0. The molecule has 3 heterocycles. The van der Waals surface area contributed by atoms with Crippen molar-refractivity contribution in [1.29, 1.82) is 0 Å². The lowest BCUT2D eigenvalue weighted by Gasteiger charge is -2.30. The van der Waals surface area contributed by atoms with E-state index >= 15 is 0 Å². The normalized spacial score (nSPS) is 29.4. The van der Waals surface area contributed by atoms with Gasteiger partial charge >= 0.3 is 6.09 Å². The van der Waals surface area contributed by atoms with Crippen molar-refractivity contribution in [2.45, 2.75) is 99.9 Å². The van der Waals surface area contributed by atoms with E-state index in [0.717, 1.165) is 12.8 Å². The molecule has 3 fully saturated rings. The Kier molecular flexibility index (Phi) is 9.17. The molecule has 6 rings (SSSR count). The van der Waals surface area contributed by atoms with E-state index in [1.165, 1.54) is 15.9 Å². The number of ether oxygens (including phenoxy) is 1. The number of carbonyl (C=O) groups excluding carboxylic acids is 4. The molecule has 5 aliphatic rings. The fourth-order valence-electron chi connectivity index (χ4n) is 6.75. The predicted octanol–water partition coefficient (Wildman–Crippen LogP) is 1.45. The topological polar surface area (TPSA) is 180 Å². The summed E-state index contributed by atoms with van der Waals surface area (Å²) in [7, 11) is -3.89. The number of nitrogens with one attached hydrogen (secondary N) is 3. The summed E-state index contributed by atoms with van der Waals surface area (Å²) in [6.07, 6.45) is 6.57. The van der Waals surface area contributed by atoms with Gasteiger partial charge in [-0.15, -0.1) is 0 Å². The standard InChI is InChI=1S/C31H39FN6O7S2/c32-23-9-6-7-18-15-37(17-22(18)23)30(42)45-20-13-25-26(39)35-31(28(41)36-47(43,44)21-11-12-21)14-19(31)8-4-2-1-3-5-10-24(34-29(33)46)27(40)38(25)16-20/h4,6-9,19-21,24-25H,1-3,5,10-17H2,(H,35,39)(H,36,41)(H3,33,34,46)/t19-,20-,24+,25+,31-/m1/s1. The number of halogens is 1. The van der Waals surface area contributed by atoms with Crippen LogP contribution in [0.15, 0.2) is 30.4 Å². The predicted molar refractivity (Wildman–Crippen MR) is 171 cm³/mol. The van der Waals surface area contributed by atoms with Gasteiger partial charge < -0.3 is 26.0 Å². The molecule has 1 aromatic carbocycles. The molecule has 0 spiro atoms. The van der Waals surface area contributed by atoms with Crippen molar-refractivity contribution < 1.29 is 36.7 Å². The Hall–Kier alpha value is -3.79. The van der Waals surface area contributed by atoms with Gasteiger partial charge in [0, 0.05) is 24.4 Å². The molecule has 2 saturated carbocycles. The molecule has 1 aromatic rings. The van der Waals surface area contributed by atoms with Crippen molar-refractivity contribution in [3.8, 4) is 0 Å². The third kappa shape index (κ3) is 7.08. The molecule has 5 atom stereocenters. The number of hydrogen-bond acceptors (Lipinski definition) is 8. The molecule has 16 heteroatoms. The number of sulfonamides is 1. The van der Waals surface area contributed by atoms with E-state index in [-0.39, 0.29) is 37.6 Å². The van der Waals surface area contributed by atoms with Crippen LogP contribution in [0, 0.1) is 11.7 Å². The number of benzene rings is 1. The van der Waals surface area contributed by atoms with Crippen LogP contribution >= 0.6 is 12.2 Å². The second-order valence-corrected chi connectivity index (χ2v) is 15.5. The molecule has 13 nitrogen and oxygen atoms in total. The lowest BCUT2D eigenvalue weighted by Crippen LogP contribution is -2.58.